The van der Waals surface area contributed by atoms with Crippen LogP contribution in [0.1, 0.15) is 28.4 Å². The van der Waals surface area contributed by atoms with Gasteiger partial charge in [0.15, 0.2) is 0 Å². The van der Waals surface area contributed by atoms with Crippen molar-refractivity contribution in [1.29, 1.82) is 0 Å². The summed E-state index contributed by atoms with van der Waals surface area (Å²) in [5.41, 5.74) is 3.15. The molecule has 0 aliphatic heterocycles. The number of hydrogen-bond donors (Lipinski definition) is 1. The van der Waals surface area contributed by atoms with Gasteiger partial charge in [-0.05, 0) is 68.3 Å². The maximum absolute atomic E-state index is 12.7. The standard InChI is InChI=1S/C18H22NO4P/c1-5-22-18(20)15-6-8-16(9-7-15)19-24(4,21)23-17-11-13(2)10-14(3)12-17/h6-12H,5H2,1-4H3,(H,19,21)/t24-/m1/s1. The molecule has 128 valence electrons. The highest BCUT2D eigenvalue weighted by Gasteiger charge is 2.18. The summed E-state index contributed by atoms with van der Waals surface area (Å²) in [5, 5.41) is 2.89. The summed E-state index contributed by atoms with van der Waals surface area (Å²) in [6, 6.07) is 12.3. The molecule has 0 spiro atoms. The SMILES string of the molecule is CCOC(=O)c1ccc(N[P@](C)(=O)Oc2cc(C)cc(C)c2)cc1. The summed E-state index contributed by atoms with van der Waals surface area (Å²) in [6.07, 6.45) is 0. The Morgan fingerprint density at radius 2 is 1.67 bits per heavy atom. The van der Waals surface area contributed by atoms with Gasteiger partial charge in [0.05, 0.1) is 12.2 Å². The lowest BCUT2D eigenvalue weighted by atomic mass is 10.1. The van der Waals surface area contributed by atoms with Crippen LogP contribution in [0, 0.1) is 13.8 Å². The van der Waals surface area contributed by atoms with E-state index in [-0.39, 0.29) is 5.97 Å². The monoisotopic (exact) mass is 347 g/mol. The molecule has 0 bridgehead atoms. The van der Waals surface area contributed by atoms with Crippen molar-refractivity contribution >= 4 is 19.2 Å². The molecule has 0 saturated heterocycles. The minimum atomic E-state index is -3.09. The van der Waals surface area contributed by atoms with Gasteiger partial charge in [0.25, 0.3) is 0 Å². The predicted octanol–water partition coefficient (Wildman–Crippen LogP) is 4.79. The second-order valence-corrected chi connectivity index (χ2v) is 7.77. The Morgan fingerprint density at radius 1 is 1.08 bits per heavy atom. The number of hydrogen-bond acceptors (Lipinski definition) is 4. The third-order valence-electron chi connectivity index (χ3n) is 3.20. The van der Waals surface area contributed by atoms with Gasteiger partial charge >= 0.3 is 13.5 Å². The van der Waals surface area contributed by atoms with Gasteiger partial charge in [0.1, 0.15) is 5.75 Å². The highest BCUT2D eigenvalue weighted by Crippen LogP contribution is 2.43. The quantitative estimate of drug-likeness (QED) is 0.601. The number of rotatable bonds is 6. The van der Waals surface area contributed by atoms with E-state index in [4.69, 9.17) is 9.26 Å². The van der Waals surface area contributed by atoms with Gasteiger partial charge in [-0.25, -0.2) is 4.79 Å². The molecular weight excluding hydrogens is 325 g/mol. The normalized spacial score (nSPS) is 13.0. The number of benzene rings is 2. The van der Waals surface area contributed by atoms with E-state index >= 15 is 0 Å². The Balaban J connectivity index is 2.08. The minimum absolute atomic E-state index is 0.326. The molecule has 0 heterocycles. The van der Waals surface area contributed by atoms with E-state index in [1.165, 1.54) is 6.66 Å². The number of carbonyl (C=O) groups excluding carboxylic acids is 1. The van der Waals surface area contributed by atoms with Crippen molar-refractivity contribution in [2.24, 2.45) is 0 Å². The second kappa shape index (κ2) is 7.54. The van der Waals surface area contributed by atoms with Crippen LogP contribution in [0.5, 0.6) is 5.75 Å². The van der Waals surface area contributed by atoms with Gasteiger partial charge in [0, 0.05) is 12.4 Å². The van der Waals surface area contributed by atoms with Gasteiger partial charge in [-0.2, -0.15) is 0 Å². The van der Waals surface area contributed by atoms with Crippen LogP contribution in [-0.2, 0) is 9.30 Å². The Labute approximate surface area is 142 Å². The Morgan fingerprint density at radius 3 is 2.21 bits per heavy atom. The Kier molecular flexibility index (Phi) is 5.68. The molecule has 0 radical (unpaired) electrons. The number of anilines is 1. The molecule has 0 fully saturated rings. The fourth-order valence-electron chi connectivity index (χ4n) is 2.34. The summed E-state index contributed by atoms with van der Waals surface area (Å²) in [4.78, 5) is 11.6. The molecule has 6 heteroatoms. The largest absolute Gasteiger partial charge is 0.462 e. The van der Waals surface area contributed by atoms with Gasteiger partial charge in [0.2, 0.25) is 0 Å². The molecule has 0 aliphatic carbocycles. The van der Waals surface area contributed by atoms with Crippen molar-refractivity contribution in [1.82, 2.24) is 0 Å². The van der Waals surface area contributed by atoms with Crippen molar-refractivity contribution in [3.05, 3.63) is 59.2 Å². The molecule has 0 aliphatic rings. The zero-order valence-electron chi connectivity index (χ0n) is 14.3. The predicted molar refractivity (Wildman–Crippen MR) is 96.1 cm³/mol. The number of carbonyl (C=O) groups is 1. The van der Waals surface area contributed by atoms with Gasteiger partial charge in [-0.3, -0.25) is 4.57 Å². The number of aryl methyl sites for hydroxylation is 2. The minimum Gasteiger partial charge on any atom is -0.462 e. The first kappa shape index (κ1) is 18.1. The van der Waals surface area contributed by atoms with E-state index in [1.807, 2.05) is 32.0 Å². The molecule has 24 heavy (non-hydrogen) atoms. The third kappa shape index (κ3) is 5.14. The van der Waals surface area contributed by atoms with E-state index in [2.05, 4.69) is 5.09 Å². The molecule has 2 aromatic rings. The number of ether oxygens (including phenoxy) is 1. The third-order valence-corrected chi connectivity index (χ3v) is 4.43. The van der Waals surface area contributed by atoms with Crippen LogP contribution in [0.3, 0.4) is 0 Å². The fraction of sp³-hybridized carbons (Fsp3) is 0.278. The van der Waals surface area contributed by atoms with Crippen molar-refractivity contribution in [2.45, 2.75) is 20.8 Å². The molecule has 2 aromatic carbocycles. The first-order valence-electron chi connectivity index (χ1n) is 7.70. The van der Waals surface area contributed by atoms with Gasteiger partial charge in [-0.15, -0.1) is 0 Å². The van der Waals surface area contributed by atoms with Crippen LogP contribution in [0.2, 0.25) is 0 Å². The highest BCUT2D eigenvalue weighted by atomic mass is 31.2. The first-order valence-corrected chi connectivity index (χ1v) is 9.77. The lowest BCUT2D eigenvalue weighted by Crippen LogP contribution is -2.05. The average Bonchev–Trinajstić information content (AvgIpc) is 2.46. The summed E-state index contributed by atoms with van der Waals surface area (Å²) in [7, 11) is -3.09. The van der Waals surface area contributed by atoms with Crippen molar-refractivity contribution in [3.8, 4) is 5.75 Å². The summed E-state index contributed by atoms with van der Waals surface area (Å²) in [5.74, 6) is 0.184. The molecule has 0 aromatic heterocycles. The topological polar surface area (TPSA) is 64.6 Å². The zero-order chi connectivity index (χ0) is 17.7. The zero-order valence-corrected chi connectivity index (χ0v) is 15.2. The summed E-state index contributed by atoms with van der Waals surface area (Å²) >= 11 is 0. The van der Waals surface area contributed by atoms with E-state index in [9.17, 15) is 9.36 Å². The van der Waals surface area contributed by atoms with Crippen LogP contribution in [0.25, 0.3) is 0 Å². The second-order valence-electron chi connectivity index (χ2n) is 5.67. The van der Waals surface area contributed by atoms with Crippen molar-refractivity contribution in [2.75, 3.05) is 18.4 Å². The smallest absolute Gasteiger partial charge is 0.338 e. The maximum atomic E-state index is 12.7. The van der Waals surface area contributed by atoms with Crippen molar-refractivity contribution in [3.63, 3.8) is 0 Å². The number of esters is 1. The van der Waals surface area contributed by atoms with Crippen LogP contribution in [0.4, 0.5) is 5.69 Å². The lowest BCUT2D eigenvalue weighted by Gasteiger charge is -2.18. The molecule has 1 N–H and O–H groups in total. The van der Waals surface area contributed by atoms with Gasteiger partial charge < -0.3 is 14.3 Å². The molecule has 5 nitrogen and oxygen atoms in total. The lowest BCUT2D eigenvalue weighted by molar-refractivity contribution is 0.0526. The molecule has 1 atom stereocenters. The maximum Gasteiger partial charge on any atom is 0.338 e. The van der Waals surface area contributed by atoms with E-state index < -0.39 is 7.52 Å². The van der Waals surface area contributed by atoms with Crippen LogP contribution in [-0.4, -0.2) is 19.2 Å². The van der Waals surface area contributed by atoms with E-state index in [0.29, 0.717) is 23.6 Å². The first-order chi connectivity index (χ1) is 11.3. The average molecular weight is 347 g/mol. The highest BCUT2D eigenvalue weighted by molar-refractivity contribution is 7.60. The van der Waals surface area contributed by atoms with Crippen LogP contribution in [0.15, 0.2) is 42.5 Å². The van der Waals surface area contributed by atoms with Crippen LogP contribution < -0.4 is 9.61 Å². The number of nitrogens with one attached hydrogen (secondary N) is 1. The Hall–Kier alpha value is -2.26. The molecule has 0 unspecified atom stereocenters. The fourth-order valence-corrected chi connectivity index (χ4v) is 3.51. The summed E-state index contributed by atoms with van der Waals surface area (Å²) in [6.45, 7) is 7.52. The van der Waals surface area contributed by atoms with Gasteiger partial charge in [-0.1, -0.05) is 6.07 Å². The Bertz CT molecular complexity index is 751. The summed E-state index contributed by atoms with van der Waals surface area (Å²) < 4.78 is 23.2. The molecule has 2 rings (SSSR count). The van der Waals surface area contributed by atoms with E-state index in [0.717, 1.165) is 11.1 Å². The van der Waals surface area contributed by atoms with Crippen LogP contribution >= 0.6 is 7.52 Å². The molecular formula is C18H22NO4P. The molecule has 0 amide bonds. The molecule has 0 saturated carbocycles. The van der Waals surface area contributed by atoms with E-state index in [1.54, 1.807) is 31.2 Å². The van der Waals surface area contributed by atoms with Crippen molar-refractivity contribution < 1.29 is 18.6 Å².